The molecule has 100 valence electrons. The summed E-state index contributed by atoms with van der Waals surface area (Å²) in [6, 6.07) is 9.93. The topological polar surface area (TPSA) is 61.0 Å². The van der Waals surface area contributed by atoms with Gasteiger partial charge < -0.3 is 10.5 Å². The van der Waals surface area contributed by atoms with E-state index in [4.69, 9.17) is 10.5 Å². The van der Waals surface area contributed by atoms with Gasteiger partial charge in [0.05, 0.1) is 7.11 Å². The number of methoxy groups -OCH3 is 1. The third kappa shape index (κ3) is 3.76. The maximum Gasteiger partial charge on any atom is 0.133 e. The predicted octanol–water partition coefficient (Wildman–Crippen LogP) is 1.97. The number of benzene rings is 1. The zero-order valence-electron chi connectivity index (χ0n) is 11.3. The maximum absolute atomic E-state index is 5.79. The molecule has 0 amide bonds. The zero-order valence-corrected chi connectivity index (χ0v) is 11.3. The average molecular weight is 257 g/mol. The number of hydrogen-bond acceptors (Lipinski definition) is 4. The van der Waals surface area contributed by atoms with Crippen LogP contribution < -0.4 is 10.5 Å². The lowest BCUT2D eigenvalue weighted by molar-refractivity contribution is 0.410. The van der Waals surface area contributed by atoms with Crippen LogP contribution in [0, 0.1) is 0 Å². The summed E-state index contributed by atoms with van der Waals surface area (Å²) >= 11 is 0. The summed E-state index contributed by atoms with van der Waals surface area (Å²) in [5, 5.41) is 0. The van der Waals surface area contributed by atoms with Gasteiger partial charge in [0.1, 0.15) is 11.6 Å². The second kappa shape index (κ2) is 6.29. The number of nitrogens with zero attached hydrogens (tertiary/aromatic N) is 2. The molecule has 0 radical (unpaired) electrons. The van der Waals surface area contributed by atoms with Crippen molar-refractivity contribution in [3.63, 3.8) is 0 Å². The molecule has 4 nitrogen and oxygen atoms in total. The fourth-order valence-corrected chi connectivity index (χ4v) is 1.99. The molecule has 2 aromatic rings. The van der Waals surface area contributed by atoms with E-state index in [0.29, 0.717) is 6.42 Å². The molecule has 0 bridgehead atoms. The van der Waals surface area contributed by atoms with Crippen LogP contribution in [0.1, 0.15) is 24.0 Å². The van der Waals surface area contributed by atoms with Crippen LogP contribution >= 0.6 is 0 Å². The van der Waals surface area contributed by atoms with Crippen LogP contribution in [-0.4, -0.2) is 23.1 Å². The smallest absolute Gasteiger partial charge is 0.133 e. The minimum absolute atomic E-state index is 0.106. The molecule has 2 N–H and O–H groups in total. The van der Waals surface area contributed by atoms with Crippen LogP contribution in [-0.2, 0) is 12.8 Å². The summed E-state index contributed by atoms with van der Waals surface area (Å²) in [5.74, 6) is 1.66. The lowest BCUT2D eigenvalue weighted by Crippen LogP contribution is -2.19. The molecule has 1 atom stereocenters. The molecule has 0 fully saturated rings. The van der Waals surface area contributed by atoms with Crippen LogP contribution in [0.5, 0.6) is 5.75 Å². The van der Waals surface area contributed by atoms with E-state index in [2.05, 4.69) is 9.97 Å². The van der Waals surface area contributed by atoms with Crippen molar-refractivity contribution in [3.05, 3.63) is 53.6 Å². The Morgan fingerprint density at radius 3 is 2.79 bits per heavy atom. The molecule has 0 aliphatic heterocycles. The minimum atomic E-state index is 0.106. The van der Waals surface area contributed by atoms with Gasteiger partial charge >= 0.3 is 0 Å². The van der Waals surface area contributed by atoms with Crippen LogP contribution in [0.25, 0.3) is 0 Å². The Hall–Kier alpha value is -1.94. The first-order chi connectivity index (χ1) is 9.19. The van der Waals surface area contributed by atoms with Gasteiger partial charge in [0.15, 0.2) is 0 Å². The quantitative estimate of drug-likeness (QED) is 0.889. The van der Waals surface area contributed by atoms with E-state index in [0.717, 1.165) is 29.3 Å². The van der Waals surface area contributed by atoms with Crippen molar-refractivity contribution in [2.24, 2.45) is 5.73 Å². The molecular weight excluding hydrogens is 238 g/mol. The van der Waals surface area contributed by atoms with E-state index in [1.54, 1.807) is 13.3 Å². The van der Waals surface area contributed by atoms with Crippen molar-refractivity contribution in [2.45, 2.75) is 25.8 Å². The van der Waals surface area contributed by atoms with E-state index in [-0.39, 0.29) is 6.04 Å². The standard InChI is InChI=1S/C15H19N3O/c1-11(16)9-13-7-8-17-15(18-13)10-12-5-3-4-6-14(12)19-2/h3-8,11H,9-10,16H2,1-2H3. The third-order valence-electron chi connectivity index (χ3n) is 2.84. The molecule has 1 heterocycles. The molecule has 0 spiro atoms. The summed E-state index contributed by atoms with van der Waals surface area (Å²) in [6.45, 7) is 1.97. The van der Waals surface area contributed by atoms with Crippen molar-refractivity contribution in [3.8, 4) is 5.75 Å². The minimum Gasteiger partial charge on any atom is -0.496 e. The van der Waals surface area contributed by atoms with Crippen LogP contribution in [0.15, 0.2) is 36.5 Å². The summed E-state index contributed by atoms with van der Waals surface area (Å²) < 4.78 is 5.34. The maximum atomic E-state index is 5.79. The predicted molar refractivity (Wildman–Crippen MR) is 75.2 cm³/mol. The largest absolute Gasteiger partial charge is 0.496 e. The lowest BCUT2D eigenvalue weighted by Gasteiger charge is -2.09. The normalized spacial score (nSPS) is 12.2. The summed E-state index contributed by atoms with van der Waals surface area (Å²) in [5.41, 5.74) is 7.86. The first kappa shape index (κ1) is 13.5. The van der Waals surface area contributed by atoms with Crippen molar-refractivity contribution in [2.75, 3.05) is 7.11 Å². The first-order valence-corrected chi connectivity index (χ1v) is 6.37. The van der Waals surface area contributed by atoms with Crippen LogP contribution in [0.3, 0.4) is 0 Å². The molecular formula is C15H19N3O. The Kier molecular flexibility index (Phi) is 4.47. The number of hydrogen-bond donors (Lipinski definition) is 1. The fraction of sp³-hybridized carbons (Fsp3) is 0.333. The average Bonchev–Trinajstić information content (AvgIpc) is 2.39. The second-order valence-corrected chi connectivity index (χ2v) is 4.63. The number of rotatable bonds is 5. The van der Waals surface area contributed by atoms with Crippen LogP contribution in [0.2, 0.25) is 0 Å². The Morgan fingerprint density at radius 1 is 1.26 bits per heavy atom. The third-order valence-corrected chi connectivity index (χ3v) is 2.84. The Bertz CT molecular complexity index is 540. The van der Waals surface area contributed by atoms with Gasteiger partial charge in [-0.1, -0.05) is 18.2 Å². The number of aromatic nitrogens is 2. The number of ether oxygens (including phenoxy) is 1. The molecule has 1 unspecified atom stereocenters. The summed E-state index contributed by atoms with van der Waals surface area (Å²) in [6.07, 6.45) is 3.22. The van der Waals surface area contributed by atoms with E-state index in [1.165, 1.54) is 0 Å². The first-order valence-electron chi connectivity index (χ1n) is 6.37. The summed E-state index contributed by atoms with van der Waals surface area (Å²) in [7, 11) is 1.67. The Balaban J connectivity index is 2.18. The van der Waals surface area contributed by atoms with Gasteiger partial charge in [0, 0.05) is 36.3 Å². The molecule has 4 heteroatoms. The lowest BCUT2D eigenvalue weighted by atomic mass is 10.1. The van der Waals surface area contributed by atoms with Crippen molar-refractivity contribution in [1.82, 2.24) is 9.97 Å². The fourth-order valence-electron chi connectivity index (χ4n) is 1.99. The van der Waals surface area contributed by atoms with Gasteiger partial charge in [-0.15, -0.1) is 0 Å². The van der Waals surface area contributed by atoms with Crippen molar-refractivity contribution in [1.29, 1.82) is 0 Å². The zero-order chi connectivity index (χ0) is 13.7. The Labute approximate surface area is 113 Å². The Morgan fingerprint density at radius 2 is 2.05 bits per heavy atom. The van der Waals surface area contributed by atoms with Crippen molar-refractivity contribution >= 4 is 0 Å². The number of para-hydroxylation sites is 1. The van der Waals surface area contributed by atoms with Crippen LogP contribution in [0.4, 0.5) is 0 Å². The molecule has 2 rings (SSSR count). The van der Waals surface area contributed by atoms with E-state index < -0.39 is 0 Å². The monoisotopic (exact) mass is 257 g/mol. The molecule has 1 aromatic heterocycles. The van der Waals surface area contributed by atoms with Gasteiger partial charge in [-0.3, -0.25) is 0 Å². The van der Waals surface area contributed by atoms with Gasteiger partial charge in [0.25, 0.3) is 0 Å². The summed E-state index contributed by atoms with van der Waals surface area (Å²) in [4.78, 5) is 8.85. The molecule has 19 heavy (non-hydrogen) atoms. The molecule has 0 aliphatic carbocycles. The van der Waals surface area contributed by atoms with Gasteiger partial charge in [-0.05, 0) is 19.1 Å². The molecule has 0 saturated carbocycles. The molecule has 0 saturated heterocycles. The SMILES string of the molecule is COc1ccccc1Cc1nccc(CC(C)N)n1. The molecule has 1 aromatic carbocycles. The highest BCUT2D eigenvalue weighted by Crippen LogP contribution is 2.19. The van der Waals surface area contributed by atoms with E-state index in [1.807, 2.05) is 37.3 Å². The highest BCUT2D eigenvalue weighted by Gasteiger charge is 2.07. The molecule has 0 aliphatic rings. The van der Waals surface area contributed by atoms with Gasteiger partial charge in [-0.2, -0.15) is 0 Å². The van der Waals surface area contributed by atoms with E-state index >= 15 is 0 Å². The number of nitrogens with two attached hydrogens (primary N) is 1. The highest BCUT2D eigenvalue weighted by molar-refractivity contribution is 5.35. The highest BCUT2D eigenvalue weighted by atomic mass is 16.5. The van der Waals surface area contributed by atoms with E-state index in [9.17, 15) is 0 Å². The van der Waals surface area contributed by atoms with Gasteiger partial charge in [-0.25, -0.2) is 9.97 Å². The second-order valence-electron chi connectivity index (χ2n) is 4.63. The van der Waals surface area contributed by atoms with Gasteiger partial charge in [0.2, 0.25) is 0 Å². The van der Waals surface area contributed by atoms with Crippen molar-refractivity contribution < 1.29 is 4.74 Å².